The SMILES string of the molecule is C[C@]12CCC(=O)C[C@@H]1CC[C@@H]1[C@@H]2CC[C@]2(C)C(=O)CC[C@@H]12.NNC(=O)c1ccccc1Br.NNC(=O)c1ccccc1Br. The number of hydrogen-bond acceptors (Lipinski definition) is 6. The molecule has 2 aromatic rings. The number of benzene rings is 2. The molecule has 6 atom stereocenters. The van der Waals surface area contributed by atoms with Gasteiger partial charge in [0.05, 0.1) is 11.1 Å². The second kappa shape index (κ2) is 14.1. The highest BCUT2D eigenvalue weighted by Gasteiger charge is 2.60. The first kappa shape index (κ1) is 33.5. The second-order valence-electron chi connectivity index (χ2n) is 12.7. The van der Waals surface area contributed by atoms with Crippen molar-refractivity contribution in [2.75, 3.05) is 0 Å². The molecule has 4 aliphatic rings. The number of halogens is 2. The van der Waals surface area contributed by atoms with Crippen LogP contribution < -0.4 is 22.5 Å². The molecule has 2 aromatic carbocycles. The molecule has 4 fully saturated rings. The number of ketones is 2. The van der Waals surface area contributed by atoms with Crippen molar-refractivity contribution in [3.8, 4) is 0 Å². The molecule has 4 aliphatic carbocycles. The van der Waals surface area contributed by atoms with Crippen molar-refractivity contribution < 1.29 is 19.2 Å². The molecule has 0 heterocycles. The topological polar surface area (TPSA) is 144 Å². The number of nitrogens with two attached hydrogens (primary N) is 2. The molecule has 0 saturated heterocycles. The Kier molecular flexibility index (Phi) is 11.0. The maximum Gasteiger partial charge on any atom is 0.266 e. The first-order valence-corrected chi connectivity index (χ1v) is 16.6. The molecule has 0 radical (unpaired) electrons. The minimum absolute atomic E-state index is 0.00511. The predicted molar refractivity (Wildman–Crippen MR) is 173 cm³/mol. The van der Waals surface area contributed by atoms with Gasteiger partial charge in [0.15, 0.2) is 0 Å². The Morgan fingerprint density at radius 3 is 1.86 bits per heavy atom. The van der Waals surface area contributed by atoms with E-state index in [2.05, 4.69) is 56.6 Å². The van der Waals surface area contributed by atoms with Crippen molar-refractivity contribution in [3.63, 3.8) is 0 Å². The molecule has 0 spiro atoms. The lowest BCUT2D eigenvalue weighted by atomic mass is 9.45. The molecule has 43 heavy (non-hydrogen) atoms. The van der Waals surface area contributed by atoms with Crippen LogP contribution in [-0.2, 0) is 9.59 Å². The monoisotopic (exact) mass is 716 g/mol. The number of amides is 2. The van der Waals surface area contributed by atoms with Crippen LogP contribution in [0.3, 0.4) is 0 Å². The van der Waals surface area contributed by atoms with E-state index in [-0.39, 0.29) is 17.2 Å². The summed E-state index contributed by atoms with van der Waals surface area (Å²) in [5.74, 6) is 13.1. The van der Waals surface area contributed by atoms with Gasteiger partial charge in [0, 0.05) is 33.6 Å². The smallest absolute Gasteiger partial charge is 0.266 e. The van der Waals surface area contributed by atoms with Crippen LogP contribution >= 0.6 is 31.9 Å². The van der Waals surface area contributed by atoms with Gasteiger partial charge in [-0.25, -0.2) is 11.7 Å². The van der Waals surface area contributed by atoms with Gasteiger partial charge in [0.1, 0.15) is 11.6 Å². The van der Waals surface area contributed by atoms with Crippen LogP contribution in [0.2, 0.25) is 0 Å². The Balaban J connectivity index is 0.000000164. The summed E-state index contributed by atoms with van der Waals surface area (Å²) >= 11 is 6.44. The van der Waals surface area contributed by atoms with Crippen molar-refractivity contribution in [3.05, 3.63) is 68.6 Å². The summed E-state index contributed by atoms with van der Waals surface area (Å²) in [6.07, 6.45) is 9.53. The third-order valence-electron chi connectivity index (χ3n) is 10.7. The quantitative estimate of drug-likeness (QED) is 0.164. The van der Waals surface area contributed by atoms with Gasteiger partial charge in [-0.2, -0.15) is 0 Å². The number of carbonyl (C=O) groups excluding carboxylic acids is 4. The van der Waals surface area contributed by atoms with Crippen LogP contribution in [0.5, 0.6) is 0 Å². The van der Waals surface area contributed by atoms with E-state index in [0.717, 1.165) is 59.3 Å². The lowest BCUT2D eigenvalue weighted by molar-refractivity contribution is -0.144. The van der Waals surface area contributed by atoms with E-state index in [1.807, 2.05) is 12.1 Å². The van der Waals surface area contributed by atoms with Crippen LogP contribution in [0.4, 0.5) is 0 Å². The summed E-state index contributed by atoms with van der Waals surface area (Å²) in [4.78, 5) is 46.2. The Hall–Kier alpha value is -2.40. The van der Waals surface area contributed by atoms with Gasteiger partial charge in [0.2, 0.25) is 0 Å². The van der Waals surface area contributed by atoms with Gasteiger partial charge in [-0.15, -0.1) is 0 Å². The molecule has 6 N–H and O–H groups in total. The van der Waals surface area contributed by atoms with Crippen LogP contribution in [0, 0.1) is 34.5 Å². The summed E-state index contributed by atoms with van der Waals surface area (Å²) in [7, 11) is 0. The standard InChI is InChI=1S/C19H28O2.2C7H7BrN2O/c1-18-9-7-13(20)11-12(18)3-4-14-15-5-6-17(21)19(15,2)10-8-16(14)18;2*8-6-4-2-1-3-5(6)7(11)10-9/h12,14-16H,3-11H2,1-2H3;2*1-4H,9H2,(H,10,11)/t12-,14-,15-,16-,18-,19-;;/m0../s1. The molecule has 10 heteroatoms. The third kappa shape index (κ3) is 6.97. The number of hydrogen-bond donors (Lipinski definition) is 4. The van der Waals surface area contributed by atoms with Crippen LogP contribution in [0.15, 0.2) is 57.5 Å². The van der Waals surface area contributed by atoms with E-state index in [4.69, 9.17) is 11.7 Å². The van der Waals surface area contributed by atoms with E-state index in [0.29, 0.717) is 39.9 Å². The van der Waals surface area contributed by atoms with Gasteiger partial charge in [-0.05, 0) is 124 Å². The van der Waals surface area contributed by atoms with E-state index < -0.39 is 0 Å². The van der Waals surface area contributed by atoms with Crippen LogP contribution in [0.25, 0.3) is 0 Å². The van der Waals surface area contributed by atoms with Gasteiger partial charge in [0.25, 0.3) is 11.8 Å². The minimum Gasteiger partial charge on any atom is -0.300 e. The third-order valence-corrected chi connectivity index (χ3v) is 12.1. The lowest BCUT2D eigenvalue weighted by Gasteiger charge is -2.59. The molecule has 0 unspecified atom stereocenters. The van der Waals surface area contributed by atoms with E-state index in [1.54, 1.807) is 36.4 Å². The van der Waals surface area contributed by atoms with E-state index in [9.17, 15) is 19.2 Å². The fourth-order valence-corrected chi connectivity index (χ4v) is 9.19. The van der Waals surface area contributed by atoms with Crippen LogP contribution in [-0.4, -0.2) is 23.4 Å². The number of nitrogen functional groups attached to an aromatic ring is 2. The van der Waals surface area contributed by atoms with Crippen molar-refractivity contribution in [2.24, 2.45) is 46.2 Å². The Labute approximate surface area is 270 Å². The van der Waals surface area contributed by atoms with Crippen LogP contribution in [0.1, 0.15) is 92.4 Å². The number of Topliss-reactive ketones (excluding diaryl/α,β-unsaturated/α-hetero) is 2. The lowest BCUT2D eigenvalue weighted by Crippen LogP contribution is -2.53. The average Bonchev–Trinajstić information content (AvgIpc) is 3.32. The molecule has 8 nitrogen and oxygen atoms in total. The average molecular weight is 719 g/mol. The zero-order chi connectivity index (χ0) is 31.4. The number of nitrogens with one attached hydrogen (secondary N) is 2. The summed E-state index contributed by atoms with van der Waals surface area (Å²) in [5, 5.41) is 0. The Morgan fingerprint density at radius 2 is 1.33 bits per heavy atom. The first-order chi connectivity index (χ1) is 20.5. The van der Waals surface area contributed by atoms with Crippen molar-refractivity contribution >= 4 is 55.2 Å². The van der Waals surface area contributed by atoms with E-state index >= 15 is 0 Å². The van der Waals surface area contributed by atoms with Crippen molar-refractivity contribution in [1.29, 1.82) is 0 Å². The summed E-state index contributed by atoms with van der Waals surface area (Å²) in [6, 6.07) is 14.1. The summed E-state index contributed by atoms with van der Waals surface area (Å²) in [6.45, 7) is 4.72. The molecule has 6 rings (SSSR count). The predicted octanol–water partition coefficient (Wildman–Crippen LogP) is 6.27. The molecular weight excluding hydrogens is 676 g/mol. The van der Waals surface area contributed by atoms with Crippen molar-refractivity contribution in [2.45, 2.75) is 71.6 Å². The number of carbonyl (C=O) groups is 4. The number of fused-ring (bicyclic) bond motifs is 5. The molecule has 0 aromatic heterocycles. The van der Waals surface area contributed by atoms with Crippen molar-refractivity contribution in [1.82, 2.24) is 10.9 Å². The largest absolute Gasteiger partial charge is 0.300 e. The van der Waals surface area contributed by atoms with E-state index in [1.165, 1.54) is 19.3 Å². The Bertz CT molecular complexity index is 1310. The van der Waals surface area contributed by atoms with Gasteiger partial charge < -0.3 is 0 Å². The molecular formula is C33H42Br2N4O4. The zero-order valence-corrected chi connectivity index (χ0v) is 28.0. The fraction of sp³-hybridized carbons (Fsp3) is 0.515. The molecule has 232 valence electrons. The maximum absolute atomic E-state index is 12.4. The number of rotatable bonds is 2. The molecule has 0 aliphatic heterocycles. The first-order valence-electron chi connectivity index (χ1n) is 15.0. The summed E-state index contributed by atoms with van der Waals surface area (Å²) < 4.78 is 1.48. The number of hydrazine groups is 2. The second-order valence-corrected chi connectivity index (χ2v) is 14.4. The molecule has 4 saturated carbocycles. The molecule has 0 bridgehead atoms. The highest BCUT2D eigenvalue weighted by atomic mass is 79.9. The zero-order valence-electron chi connectivity index (χ0n) is 24.8. The molecule has 2 amide bonds. The fourth-order valence-electron chi connectivity index (χ4n) is 8.26. The summed E-state index contributed by atoms with van der Waals surface area (Å²) in [5.41, 5.74) is 5.55. The van der Waals surface area contributed by atoms with Gasteiger partial charge >= 0.3 is 0 Å². The minimum atomic E-state index is -0.294. The highest BCUT2D eigenvalue weighted by molar-refractivity contribution is 9.10. The highest BCUT2D eigenvalue weighted by Crippen LogP contribution is 2.65. The maximum atomic E-state index is 12.4. The van der Waals surface area contributed by atoms with Gasteiger partial charge in [-0.1, -0.05) is 38.1 Å². The van der Waals surface area contributed by atoms with Gasteiger partial charge in [-0.3, -0.25) is 30.0 Å². The normalized spacial score (nSPS) is 30.7. The Morgan fingerprint density at radius 1 is 0.767 bits per heavy atom.